The monoisotopic (exact) mass is 296 g/mol. The molecule has 0 bridgehead atoms. The van der Waals surface area contributed by atoms with Crippen molar-refractivity contribution in [3.63, 3.8) is 0 Å². The molecule has 0 amide bonds. The molecule has 100 valence electrons. The highest BCUT2D eigenvalue weighted by Gasteiger charge is 2.17. The fourth-order valence-electron chi connectivity index (χ4n) is 2.33. The molecule has 0 aliphatic carbocycles. The van der Waals surface area contributed by atoms with E-state index < -0.39 is 7.92 Å². The van der Waals surface area contributed by atoms with Crippen LogP contribution in [0.4, 0.5) is 0 Å². The summed E-state index contributed by atoms with van der Waals surface area (Å²) >= 11 is 1.86. The number of aryl methyl sites for hydroxylation is 2. The summed E-state index contributed by atoms with van der Waals surface area (Å²) in [4.78, 5) is 0. The maximum absolute atomic E-state index is 2.33. The fraction of sp³-hybridized carbons (Fsp3) is 0.111. The first kappa shape index (κ1) is 13.5. The molecule has 0 saturated carbocycles. The van der Waals surface area contributed by atoms with Crippen molar-refractivity contribution in [3.8, 4) is 0 Å². The van der Waals surface area contributed by atoms with Crippen molar-refractivity contribution in [2.75, 3.05) is 0 Å². The summed E-state index contributed by atoms with van der Waals surface area (Å²) in [5.41, 5.74) is 2.67. The number of thiophene rings is 1. The molecule has 3 aromatic rings. The molecule has 2 aromatic carbocycles. The standard InChI is InChI=1S/C18H17PS/c1-14-6-3-8-16(12-14)19(18-10-5-11-20-18)17-9-4-7-15(2)13-17/h3-13H,1-2H3. The van der Waals surface area contributed by atoms with Crippen molar-refractivity contribution in [1.82, 2.24) is 0 Å². The lowest BCUT2D eigenvalue weighted by Gasteiger charge is -2.18. The molecule has 0 aliphatic heterocycles. The van der Waals surface area contributed by atoms with Crippen LogP contribution in [0.5, 0.6) is 0 Å². The van der Waals surface area contributed by atoms with Crippen molar-refractivity contribution in [3.05, 3.63) is 77.2 Å². The molecule has 0 unspecified atom stereocenters. The number of hydrogen-bond donors (Lipinski definition) is 0. The van der Waals surface area contributed by atoms with Crippen LogP contribution < -0.4 is 15.2 Å². The zero-order valence-corrected chi connectivity index (χ0v) is 13.4. The molecule has 0 fully saturated rings. The van der Waals surface area contributed by atoms with Gasteiger partial charge in [-0.1, -0.05) is 65.7 Å². The molecule has 1 aromatic heterocycles. The van der Waals surface area contributed by atoms with Crippen LogP contribution in [0.3, 0.4) is 0 Å². The highest BCUT2D eigenvalue weighted by molar-refractivity contribution is 7.84. The zero-order chi connectivity index (χ0) is 13.9. The van der Waals surface area contributed by atoms with Crippen LogP contribution in [0.1, 0.15) is 11.1 Å². The summed E-state index contributed by atoms with van der Waals surface area (Å²) in [6.07, 6.45) is 0. The summed E-state index contributed by atoms with van der Waals surface area (Å²) in [6, 6.07) is 22.3. The largest absolute Gasteiger partial charge is 0.143 e. The Morgan fingerprint density at radius 2 is 1.35 bits per heavy atom. The second-order valence-electron chi connectivity index (χ2n) is 4.96. The zero-order valence-electron chi connectivity index (χ0n) is 11.7. The lowest BCUT2D eigenvalue weighted by molar-refractivity contribution is 1.49. The van der Waals surface area contributed by atoms with Crippen LogP contribution in [-0.2, 0) is 0 Å². The minimum absolute atomic E-state index is 0.423. The van der Waals surface area contributed by atoms with Crippen molar-refractivity contribution in [1.29, 1.82) is 0 Å². The van der Waals surface area contributed by atoms with Gasteiger partial charge in [-0.15, -0.1) is 11.3 Å². The van der Waals surface area contributed by atoms with Gasteiger partial charge in [0.2, 0.25) is 0 Å². The predicted molar refractivity (Wildman–Crippen MR) is 92.5 cm³/mol. The summed E-state index contributed by atoms with van der Waals surface area (Å²) in [5, 5.41) is 5.05. The minimum atomic E-state index is -0.423. The fourth-order valence-corrected chi connectivity index (χ4v) is 6.20. The first-order chi connectivity index (χ1) is 9.74. The number of benzene rings is 2. The third-order valence-corrected chi connectivity index (χ3v) is 6.96. The van der Waals surface area contributed by atoms with E-state index >= 15 is 0 Å². The molecule has 0 nitrogen and oxygen atoms in total. The van der Waals surface area contributed by atoms with Gasteiger partial charge < -0.3 is 0 Å². The van der Waals surface area contributed by atoms with Gasteiger partial charge in [0.05, 0.1) is 0 Å². The van der Waals surface area contributed by atoms with Gasteiger partial charge >= 0.3 is 0 Å². The third-order valence-electron chi connectivity index (χ3n) is 3.25. The van der Waals surface area contributed by atoms with Gasteiger partial charge in [0.15, 0.2) is 0 Å². The van der Waals surface area contributed by atoms with E-state index in [1.807, 2.05) is 11.3 Å². The van der Waals surface area contributed by atoms with Crippen LogP contribution in [0.25, 0.3) is 0 Å². The smallest absolute Gasteiger partial charge is 0.0368 e. The Hall–Kier alpha value is -1.43. The van der Waals surface area contributed by atoms with Gasteiger partial charge in [-0.25, -0.2) is 0 Å². The highest BCUT2D eigenvalue weighted by Crippen LogP contribution is 2.34. The van der Waals surface area contributed by atoms with E-state index in [9.17, 15) is 0 Å². The van der Waals surface area contributed by atoms with Crippen LogP contribution >= 0.6 is 19.3 Å². The van der Waals surface area contributed by atoms with E-state index in [1.54, 1.807) is 0 Å². The minimum Gasteiger partial charge on any atom is -0.143 e. The van der Waals surface area contributed by atoms with E-state index in [4.69, 9.17) is 0 Å². The van der Waals surface area contributed by atoms with Crippen molar-refractivity contribution in [2.24, 2.45) is 0 Å². The first-order valence-corrected chi connectivity index (χ1v) is 8.93. The number of hydrogen-bond acceptors (Lipinski definition) is 1. The van der Waals surface area contributed by atoms with E-state index in [1.165, 1.54) is 26.4 Å². The van der Waals surface area contributed by atoms with Crippen LogP contribution in [-0.4, -0.2) is 0 Å². The molecule has 0 N–H and O–H groups in total. The molecule has 1 heterocycles. The Balaban J connectivity index is 2.14. The second kappa shape index (κ2) is 5.91. The molecular formula is C18H17PS. The van der Waals surface area contributed by atoms with Crippen molar-refractivity contribution in [2.45, 2.75) is 13.8 Å². The Morgan fingerprint density at radius 1 is 0.750 bits per heavy atom. The molecule has 3 rings (SSSR count). The van der Waals surface area contributed by atoms with Gasteiger partial charge in [-0.05, 0) is 43.8 Å². The van der Waals surface area contributed by atoms with Gasteiger partial charge in [-0.2, -0.15) is 0 Å². The molecule has 0 aliphatic rings. The normalized spacial score (nSPS) is 10.9. The Kier molecular flexibility index (Phi) is 4.00. The Morgan fingerprint density at radius 3 is 1.80 bits per heavy atom. The molecule has 20 heavy (non-hydrogen) atoms. The summed E-state index contributed by atoms with van der Waals surface area (Å²) in [6.45, 7) is 4.34. The summed E-state index contributed by atoms with van der Waals surface area (Å²) in [7, 11) is -0.423. The van der Waals surface area contributed by atoms with Gasteiger partial charge in [0.1, 0.15) is 0 Å². The summed E-state index contributed by atoms with van der Waals surface area (Å²) < 4.78 is 1.47. The average Bonchev–Trinajstić information content (AvgIpc) is 2.93. The first-order valence-electron chi connectivity index (χ1n) is 6.71. The van der Waals surface area contributed by atoms with E-state index in [0.29, 0.717) is 0 Å². The number of rotatable bonds is 3. The van der Waals surface area contributed by atoms with Crippen molar-refractivity contribution < 1.29 is 0 Å². The predicted octanol–water partition coefficient (Wildman–Crippen LogP) is 4.12. The van der Waals surface area contributed by atoms with Crippen LogP contribution in [0.15, 0.2) is 66.0 Å². The molecule has 0 atom stereocenters. The quantitative estimate of drug-likeness (QED) is 0.638. The maximum Gasteiger partial charge on any atom is 0.0368 e. The molecule has 0 saturated heterocycles. The molecule has 0 radical (unpaired) electrons. The van der Waals surface area contributed by atoms with Crippen LogP contribution in [0, 0.1) is 13.8 Å². The Bertz CT molecular complexity index is 655. The second-order valence-corrected chi connectivity index (χ2v) is 8.40. The summed E-state index contributed by atoms with van der Waals surface area (Å²) in [5.74, 6) is 0. The van der Waals surface area contributed by atoms with Gasteiger partial charge in [0.25, 0.3) is 0 Å². The van der Waals surface area contributed by atoms with E-state index in [0.717, 1.165) is 0 Å². The third kappa shape index (κ3) is 2.85. The molecule has 2 heteroatoms. The van der Waals surface area contributed by atoms with Crippen LogP contribution in [0.2, 0.25) is 0 Å². The SMILES string of the molecule is Cc1cccc(P(c2cccc(C)c2)c2cccs2)c1. The van der Waals surface area contributed by atoms with E-state index in [-0.39, 0.29) is 0 Å². The Labute approximate surface area is 125 Å². The maximum atomic E-state index is 2.33. The van der Waals surface area contributed by atoms with Gasteiger partial charge in [-0.3, -0.25) is 0 Å². The molecular weight excluding hydrogens is 279 g/mol. The topological polar surface area (TPSA) is 0 Å². The highest BCUT2D eigenvalue weighted by atomic mass is 32.1. The van der Waals surface area contributed by atoms with E-state index in [2.05, 4.69) is 79.9 Å². The average molecular weight is 296 g/mol. The van der Waals surface area contributed by atoms with Gasteiger partial charge in [0, 0.05) is 4.62 Å². The lowest BCUT2D eigenvalue weighted by Crippen LogP contribution is -2.19. The van der Waals surface area contributed by atoms with Crippen molar-refractivity contribution >= 4 is 34.5 Å². The lowest BCUT2D eigenvalue weighted by atomic mass is 10.2. The molecule has 0 spiro atoms.